The van der Waals surface area contributed by atoms with Crippen LogP contribution in [-0.4, -0.2) is 25.2 Å². The van der Waals surface area contributed by atoms with Crippen molar-refractivity contribution in [3.05, 3.63) is 69.9 Å². The van der Waals surface area contributed by atoms with Crippen LogP contribution in [0.15, 0.2) is 53.9 Å². The summed E-state index contributed by atoms with van der Waals surface area (Å²) in [5.41, 5.74) is 3.11. The maximum absolute atomic E-state index is 12.9. The van der Waals surface area contributed by atoms with Crippen LogP contribution in [0.3, 0.4) is 0 Å². The molecule has 0 bridgehead atoms. The summed E-state index contributed by atoms with van der Waals surface area (Å²) < 4.78 is 10.6. The molecule has 2 aliphatic heterocycles. The third-order valence-corrected chi connectivity index (χ3v) is 5.93. The van der Waals surface area contributed by atoms with Crippen molar-refractivity contribution < 1.29 is 19.1 Å². The van der Waals surface area contributed by atoms with Gasteiger partial charge < -0.3 is 19.7 Å². The monoisotopic (exact) mass is 406 g/mol. The number of nitrogens with one attached hydrogen (secondary N) is 1. The lowest BCUT2D eigenvalue weighted by molar-refractivity contribution is 0.0987. The molecule has 2 aromatic carbocycles. The molecule has 146 valence electrons. The molecular weight excluding hydrogens is 388 g/mol. The fraction of sp³-hybridized carbons (Fsp3) is 0.182. The van der Waals surface area contributed by atoms with Gasteiger partial charge in [-0.25, -0.2) is 0 Å². The van der Waals surface area contributed by atoms with Crippen molar-refractivity contribution in [2.24, 2.45) is 0 Å². The topological polar surface area (TPSA) is 67.9 Å². The Balaban J connectivity index is 1.40. The Morgan fingerprint density at radius 3 is 2.79 bits per heavy atom. The SMILES string of the molecule is O=C(Nc1ccc2c(c1)N(C(=O)c1cccs1)CCC2)c1ccc2c(c1)OCO2. The zero-order valence-corrected chi connectivity index (χ0v) is 16.3. The second-order valence-corrected chi connectivity index (χ2v) is 7.85. The number of hydrogen-bond donors (Lipinski definition) is 1. The van der Waals surface area contributed by atoms with Gasteiger partial charge in [0.05, 0.1) is 4.88 Å². The first-order valence-electron chi connectivity index (χ1n) is 9.38. The minimum atomic E-state index is -0.241. The number of hydrogen-bond acceptors (Lipinski definition) is 5. The van der Waals surface area contributed by atoms with E-state index in [1.54, 1.807) is 23.1 Å². The number of carbonyl (C=O) groups excluding carboxylic acids is 2. The van der Waals surface area contributed by atoms with E-state index in [2.05, 4.69) is 5.32 Å². The maximum Gasteiger partial charge on any atom is 0.268 e. The summed E-state index contributed by atoms with van der Waals surface area (Å²) in [5, 5.41) is 4.83. The van der Waals surface area contributed by atoms with Crippen molar-refractivity contribution >= 4 is 34.5 Å². The minimum Gasteiger partial charge on any atom is -0.454 e. The van der Waals surface area contributed by atoms with E-state index in [1.165, 1.54) is 11.3 Å². The van der Waals surface area contributed by atoms with Crippen LogP contribution in [-0.2, 0) is 6.42 Å². The van der Waals surface area contributed by atoms with Gasteiger partial charge in [-0.05, 0) is 60.2 Å². The highest BCUT2D eigenvalue weighted by Gasteiger charge is 2.25. The zero-order valence-electron chi connectivity index (χ0n) is 15.5. The number of thiophene rings is 1. The highest BCUT2D eigenvalue weighted by atomic mass is 32.1. The number of nitrogens with zero attached hydrogens (tertiary/aromatic N) is 1. The summed E-state index contributed by atoms with van der Waals surface area (Å²) in [6.07, 6.45) is 1.84. The van der Waals surface area contributed by atoms with Crippen LogP contribution < -0.4 is 19.7 Å². The first kappa shape index (κ1) is 17.8. The smallest absolute Gasteiger partial charge is 0.268 e. The molecule has 1 N–H and O–H groups in total. The van der Waals surface area contributed by atoms with E-state index in [9.17, 15) is 9.59 Å². The van der Waals surface area contributed by atoms with Gasteiger partial charge in [0.2, 0.25) is 6.79 Å². The number of amides is 2. The van der Waals surface area contributed by atoms with Crippen molar-refractivity contribution in [1.29, 1.82) is 0 Å². The third-order valence-electron chi connectivity index (χ3n) is 5.07. The molecule has 3 aromatic rings. The van der Waals surface area contributed by atoms with Crippen LogP contribution in [0.2, 0.25) is 0 Å². The minimum absolute atomic E-state index is 0.000183. The highest BCUT2D eigenvalue weighted by Crippen LogP contribution is 2.34. The molecule has 7 heteroatoms. The normalized spacial score (nSPS) is 14.4. The van der Waals surface area contributed by atoms with Gasteiger partial charge in [-0.2, -0.15) is 0 Å². The Hall–Kier alpha value is -3.32. The molecule has 2 amide bonds. The number of anilines is 2. The lowest BCUT2D eigenvalue weighted by atomic mass is 10.0. The van der Waals surface area contributed by atoms with Gasteiger partial charge in [0.1, 0.15) is 0 Å². The van der Waals surface area contributed by atoms with E-state index in [0.717, 1.165) is 24.1 Å². The highest BCUT2D eigenvalue weighted by molar-refractivity contribution is 7.12. The number of aryl methyl sites for hydroxylation is 1. The van der Waals surface area contributed by atoms with Crippen LogP contribution >= 0.6 is 11.3 Å². The molecule has 5 rings (SSSR count). The van der Waals surface area contributed by atoms with E-state index in [0.29, 0.717) is 34.2 Å². The number of ether oxygens (including phenoxy) is 2. The van der Waals surface area contributed by atoms with Crippen LogP contribution in [0.4, 0.5) is 11.4 Å². The van der Waals surface area contributed by atoms with Gasteiger partial charge in [-0.15, -0.1) is 11.3 Å². The van der Waals surface area contributed by atoms with E-state index in [1.807, 2.05) is 35.7 Å². The molecular formula is C22H18N2O4S. The van der Waals surface area contributed by atoms with Crippen molar-refractivity contribution in [2.75, 3.05) is 23.6 Å². The zero-order chi connectivity index (χ0) is 19.8. The van der Waals surface area contributed by atoms with Gasteiger partial charge >= 0.3 is 0 Å². The molecule has 0 fully saturated rings. The summed E-state index contributed by atoms with van der Waals surface area (Å²) in [6, 6.07) is 14.6. The number of benzene rings is 2. The van der Waals surface area contributed by atoms with E-state index in [-0.39, 0.29) is 18.6 Å². The Labute approximate surface area is 171 Å². The maximum atomic E-state index is 12.9. The van der Waals surface area contributed by atoms with Crippen molar-refractivity contribution in [2.45, 2.75) is 12.8 Å². The molecule has 0 atom stereocenters. The van der Waals surface area contributed by atoms with Crippen LogP contribution in [0, 0.1) is 0 Å². The lowest BCUT2D eigenvalue weighted by Crippen LogP contribution is -2.35. The molecule has 0 aliphatic carbocycles. The number of rotatable bonds is 3. The molecule has 2 aliphatic rings. The molecule has 0 spiro atoms. The Kier molecular flexibility index (Phi) is 4.44. The average molecular weight is 406 g/mol. The largest absolute Gasteiger partial charge is 0.454 e. The van der Waals surface area contributed by atoms with Crippen LogP contribution in [0.5, 0.6) is 11.5 Å². The fourth-order valence-corrected chi connectivity index (χ4v) is 4.31. The van der Waals surface area contributed by atoms with Crippen LogP contribution in [0.25, 0.3) is 0 Å². The number of fused-ring (bicyclic) bond motifs is 2. The summed E-state index contributed by atoms with van der Waals surface area (Å²) >= 11 is 1.44. The average Bonchev–Trinajstić information content (AvgIpc) is 3.44. The first-order chi connectivity index (χ1) is 14.2. The molecule has 6 nitrogen and oxygen atoms in total. The fourth-order valence-electron chi connectivity index (χ4n) is 3.64. The second-order valence-electron chi connectivity index (χ2n) is 6.90. The van der Waals surface area contributed by atoms with Gasteiger partial charge in [0.25, 0.3) is 11.8 Å². The van der Waals surface area contributed by atoms with Crippen molar-refractivity contribution in [3.63, 3.8) is 0 Å². The van der Waals surface area contributed by atoms with Crippen molar-refractivity contribution in [3.8, 4) is 11.5 Å². The summed E-state index contributed by atoms with van der Waals surface area (Å²) in [5.74, 6) is 0.962. The second kappa shape index (κ2) is 7.25. The molecule has 0 saturated carbocycles. The molecule has 3 heterocycles. The van der Waals surface area contributed by atoms with Gasteiger partial charge in [0, 0.05) is 23.5 Å². The van der Waals surface area contributed by atoms with E-state index < -0.39 is 0 Å². The van der Waals surface area contributed by atoms with Gasteiger partial charge in [0.15, 0.2) is 11.5 Å². The van der Waals surface area contributed by atoms with E-state index >= 15 is 0 Å². The van der Waals surface area contributed by atoms with Gasteiger partial charge in [-0.1, -0.05) is 12.1 Å². The first-order valence-corrected chi connectivity index (χ1v) is 10.3. The summed E-state index contributed by atoms with van der Waals surface area (Å²) in [7, 11) is 0. The van der Waals surface area contributed by atoms with Gasteiger partial charge in [-0.3, -0.25) is 9.59 Å². The van der Waals surface area contributed by atoms with E-state index in [4.69, 9.17) is 9.47 Å². The standard InChI is InChI=1S/C22H18N2O4S/c25-21(15-6-8-18-19(11-15)28-13-27-18)23-16-7-5-14-3-1-9-24(17(14)12-16)22(26)20-4-2-10-29-20/h2,4-8,10-12H,1,3,9,13H2,(H,23,25). The summed E-state index contributed by atoms with van der Waals surface area (Å²) in [6.45, 7) is 0.836. The molecule has 1 aromatic heterocycles. The predicted octanol–water partition coefficient (Wildman–Crippen LogP) is 4.32. The predicted molar refractivity (Wildman–Crippen MR) is 111 cm³/mol. The number of carbonyl (C=O) groups is 2. The lowest BCUT2D eigenvalue weighted by Gasteiger charge is -2.29. The quantitative estimate of drug-likeness (QED) is 0.703. The summed E-state index contributed by atoms with van der Waals surface area (Å²) in [4.78, 5) is 28.1. The molecule has 0 unspecified atom stereocenters. The van der Waals surface area contributed by atoms with Crippen molar-refractivity contribution in [1.82, 2.24) is 0 Å². The van der Waals surface area contributed by atoms with Crippen LogP contribution in [0.1, 0.15) is 32.0 Å². The molecule has 0 radical (unpaired) electrons. The Bertz CT molecular complexity index is 1090. The molecule has 0 saturated heterocycles. The third kappa shape index (κ3) is 3.34. The Morgan fingerprint density at radius 2 is 1.93 bits per heavy atom. The molecule has 29 heavy (non-hydrogen) atoms. The Morgan fingerprint density at radius 1 is 1.03 bits per heavy atom.